The van der Waals surface area contributed by atoms with Gasteiger partial charge < -0.3 is 14.6 Å². The van der Waals surface area contributed by atoms with Crippen molar-refractivity contribution in [3.8, 4) is 5.75 Å². The zero-order valence-electron chi connectivity index (χ0n) is 15.8. The highest BCUT2D eigenvalue weighted by Gasteiger charge is 2.36. The molecule has 0 saturated heterocycles. The second kappa shape index (κ2) is 7.43. The summed E-state index contributed by atoms with van der Waals surface area (Å²) in [4.78, 5) is 12.4. The molecule has 1 amide bonds. The lowest BCUT2D eigenvalue weighted by Gasteiger charge is -2.15. The SMILES string of the molecule is C=C(C)[C@H]1COc2c(cn(C)c2C(=O)Nc2ccc(F)c(C(F)(F)F)c2)S(=O)(=O)N1. The van der Waals surface area contributed by atoms with Crippen LogP contribution in [0.4, 0.5) is 23.2 Å². The molecule has 1 aromatic heterocycles. The number of halogens is 4. The molecule has 0 radical (unpaired) electrons. The zero-order chi connectivity index (χ0) is 22.4. The first-order valence-corrected chi connectivity index (χ1v) is 9.97. The molecule has 1 atom stereocenters. The quantitative estimate of drug-likeness (QED) is 0.559. The number of rotatable bonds is 3. The number of anilines is 1. The van der Waals surface area contributed by atoms with Crippen LogP contribution in [0.1, 0.15) is 23.0 Å². The molecule has 0 saturated carbocycles. The number of benzene rings is 1. The molecular formula is C18H17F4N3O4S. The lowest BCUT2D eigenvalue weighted by atomic mass is 10.1. The maximum Gasteiger partial charge on any atom is 0.419 e. The maximum absolute atomic E-state index is 13.5. The van der Waals surface area contributed by atoms with Crippen LogP contribution in [-0.4, -0.2) is 31.5 Å². The average Bonchev–Trinajstić information content (AvgIpc) is 2.89. The zero-order valence-corrected chi connectivity index (χ0v) is 16.6. The van der Waals surface area contributed by atoms with Crippen LogP contribution >= 0.6 is 0 Å². The van der Waals surface area contributed by atoms with Gasteiger partial charge in [-0.25, -0.2) is 17.5 Å². The number of hydrogen-bond acceptors (Lipinski definition) is 4. The second-order valence-electron chi connectivity index (χ2n) is 6.76. The smallest absolute Gasteiger partial charge is 0.419 e. The molecule has 0 spiro atoms. The normalized spacial score (nSPS) is 18.1. The van der Waals surface area contributed by atoms with E-state index in [1.807, 2.05) is 0 Å². The molecule has 2 heterocycles. The average molecular weight is 447 g/mol. The Bertz CT molecular complexity index is 1140. The number of nitrogens with zero attached hydrogens (tertiary/aromatic N) is 1. The summed E-state index contributed by atoms with van der Waals surface area (Å²) >= 11 is 0. The highest BCUT2D eigenvalue weighted by molar-refractivity contribution is 7.89. The van der Waals surface area contributed by atoms with E-state index in [1.54, 1.807) is 6.92 Å². The lowest BCUT2D eigenvalue weighted by Crippen LogP contribution is -2.37. The lowest BCUT2D eigenvalue weighted by molar-refractivity contribution is -0.139. The van der Waals surface area contributed by atoms with E-state index in [1.165, 1.54) is 11.6 Å². The van der Waals surface area contributed by atoms with Gasteiger partial charge in [-0.15, -0.1) is 0 Å². The Balaban J connectivity index is 1.98. The summed E-state index contributed by atoms with van der Waals surface area (Å²) in [5.74, 6) is -2.66. The van der Waals surface area contributed by atoms with E-state index in [2.05, 4.69) is 16.6 Å². The van der Waals surface area contributed by atoms with Gasteiger partial charge in [0.15, 0.2) is 11.4 Å². The van der Waals surface area contributed by atoms with Crippen molar-refractivity contribution in [2.24, 2.45) is 7.05 Å². The Morgan fingerprint density at radius 2 is 2.03 bits per heavy atom. The minimum absolute atomic E-state index is 0.138. The van der Waals surface area contributed by atoms with Crippen LogP contribution in [0.5, 0.6) is 5.75 Å². The van der Waals surface area contributed by atoms with E-state index in [0.29, 0.717) is 17.7 Å². The molecule has 2 N–H and O–H groups in total. The van der Waals surface area contributed by atoms with Crippen LogP contribution in [0.3, 0.4) is 0 Å². The predicted octanol–water partition coefficient (Wildman–Crippen LogP) is 3.05. The number of ether oxygens (including phenoxy) is 1. The summed E-state index contributed by atoms with van der Waals surface area (Å²) in [5.41, 5.74) is -1.60. The molecule has 0 unspecified atom stereocenters. The first kappa shape index (κ1) is 21.8. The van der Waals surface area contributed by atoms with Gasteiger partial charge >= 0.3 is 6.18 Å². The minimum atomic E-state index is -4.95. The molecular weight excluding hydrogens is 430 g/mol. The summed E-state index contributed by atoms with van der Waals surface area (Å²) in [7, 11) is -2.67. The molecule has 1 aromatic carbocycles. The standard InChI is InChI=1S/C18H17F4N3O4S/c1-9(2)13-8-29-16-14(30(27,28)24-13)7-25(3)15(16)17(26)23-10-4-5-12(19)11(6-10)18(20,21)22/h4-7,13,24H,1,8H2,2-3H3,(H,23,26)/t13-/m1/s1. The number of aryl methyl sites for hydroxylation is 1. The van der Waals surface area contributed by atoms with E-state index in [-0.39, 0.29) is 28.6 Å². The minimum Gasteiger partial charge on any atom is -0.488 e. The number of carbonyl (C=O) groups excluding carboxylic acids is 1. The van der Waals surface area contributed by atoms with Gasteiger partial charge in [-0.3, -0.25) is 4.79 Å². The third kappa shape index (κ3) is 4.05. The van der Waals surface area contributed by atoms with Crippen LogP contribution in [0.2, 0.25) is 0 Å². The number of aromatic nitrogens is 1. The van der Waals surface area contributed by atoms with Crippen molar-refractivity contribution in [3.63, 3.8) is 0 Å². The van der Waals surface area contributed by atoms with Gasteiger partial charge in [0.1, 0.15) is 17.3 Å². The topological polar surface area (TPSA) is 89.4 Å². The second-order valence-corrected chi connectivity index (χ2v) is 8.44. The van der Waals surface area contributed by atoms with E-state index >= 15 is 0 Å². The third-order valence-corrected chi connectivity index (χ3v) is 5.89. The van der Waals surface area contributed by atoms with E-state index in [4.69, 9.17) is 4.74 Å². The summed E-state index contributed by atoms with van der Waals surface area (Å²) in [5, 5.41) is 2.22. The molecule has 30 heavy (non-hydrogen) atoms. The van der Waals surface area contributed by atoms with Gasteiger partial charge in [-0.05, 0) is 25.1 Å². The van der Waals surface area contributed by atoms with Crippen LogP contribution < -0.4 is 14.8 Å². The Morgan fingerprint density at radius 3 is 2.63 bits per heavy atom. The summed E-state index contributed by atoms with van der Waals surface area (Å²) in [6.07, 6.45) is -3.80. The number of alkyl halides is 3. The van der Waals surface area contributed by atoms with E-state index in [0.717, 1.165) is 12.3 Å². The number of sulfonamides is 1. The Morgan fingerprint density at radius 1 is 1.37 bits per heavy atom. The highest BCUT2D eigenvalue weighted by atomic mass is 32.2. The first-order valence-electron chi connectivity index (χ1n) is 8.49. The van der Waals surface area contributed by atoms with Gasteiger partial charge in [-0.1, -0.05) is 12.2 Å². The molecule has 3 rings (SSSR count). The summed E-state index contributed by atoms with van der Waals surface area (Å²) in [6, 6.07) is 1.26. The number of fused-ring (bicyclic) bond motifs is 1. The summed E-state index contributed by atoms with van der Waals surface area (Å²) in [6.45, 7) is 5.15. The van der Waals surface area contributed by atoms with Gasteiger partial charge in [-0.2, -0.15) is 13.2 Å². The van der Waals surface area contributed by atoms with Crippen molar-refractivity contribution in [2.45, 2.75) is 24.0 Å². The van der Waals surface area contributed by atoms with Gasteiger partial charge in [0, 0.05) is 18.9 Å². The molecule has 1 aliphatic rings. The van der Waals surface area contributed by atoms with Crippen molar-refractivity contribution < 1.29 is 35.5 Å². The van der Waals surface area contributed by atoms with Crippen LogP contribution in [-0.2, 0) is 23.2 Å². The molecule has 162 valence electrons. The highest BCUT2D eigenvalue weighted by Crippen LogP contribution is 2.35. The third-order valence-electron chi connectivity index (χ3n) is 4.42. The Hall–Kier alpha value is -2.86. The van der Waals surface area contributed by atoms with Crippen molar-refractivity contribution in [2.75, 3.05) is 11.9 Å². The maximum atomic E-state index is 13.5. The Kier molecular flexibility index (Phi) is 5.41. The van der Waals surface area contributed by atoms with Crippen molar-refractivity contribution in [1.29, 1.82) is 0 Å². The molecule has 2 aromatic rings. The fourth-order valence-corrected chi connectivity index (χ4v) is 4.34. The Labute approximate surface area is 169 Å². The number of hydrogen-bond donors (Lipinski definition) is 2. The van der Waals surface area contributed by atoms with Crippen LogP contribution in [0, 0.1) is 5.82 Å². The summed E-state index contributed by atoms with van der Waals surface area (Å²) < 4.78 is 86.5. The van der Waals surface area contributed by atoms with E-state index in [9.17, 15) is 30.8 Å². The molecule has 7 nitrogen and oxygen atoms in total. The fraction of sp³-hybridized carbons (Fsp3) is 0.278. The van der Waals surface area contributed by atoms with Crippen molar-refractivity contribution >= 4 is 21.6 Å². The number of nitrogens with one attached hydrogen (secondary N) is 2. The van der Waals surface area contributed by atoms with Gasteiger partial charge in [0.25, 0.3) is 5.91 Å². The molecule has 0 fully saturated rings. The number of carbonyl (C=O) groups is 1. The first-order chi connectivity index (χ1) is 13.8. The largest absolute Gasteiger partial charge is 0.488 e. The van der Waals surface area contributed by atoms with Crippen LogP contribution in [0.15, 0.2) is 41.4 Å². The molecule has 1 aliphatic heterocycles. The van der Waals surface area contributed by atoms with Crippen LogP contribution in [0.25, 0.3) is 0 Å². The van der Waals surface area contributed by atoms with Gasteiger partial charge in [0.05, 0.1) is 11.6 Å². The van der Waals surface area contributed by atoms with Crippen molar-refractivity contribution in [3.05, 3.63) is 53.6 Å². The van der Waals surface area contributed by atoms with E-state index < -0.39 is 39.5 Å². The van der Waals surface area contributed by atoms with Crippen molar-refractivity contribution in [1.82, 2.24) is 9.29 Å². The predicted molar refractivity (Wildman–Crippen MR) is 99.2 cm³/mol. The molecule has 0 aliphatic carbocycles. The number of amides is 1. The monoisotopic (exact) mass is 447 g/mol. The fourth-order valence-electron chi connectivity index (χ4n) is 2.87. The molecule has 12 heteroatoms. The van der Waals surface area contributed by atoms with Gasteiger partial charge in [0.2, 0.25) is 10.0 Å². The molecule has 0 bridgehead atoms.